The highest BCUT2D eigenvalue weighted by Gasteiger charge is 2.52. The summed E-state index contributed by atoms with van der Waals surface area (Å²) in [4.78, 5) is 31.8. The van der Waals surface area contributed by atoms with E-state index < -0.39 is 45.2 Å². The smallest absolute Gasteiger partial charge is 0.327 e. The molecule has 41 heavy (non-hydrogen) atoms. The van der Waals surface area contributed by atoms with Gasteiger partial charge in [-0.1, -0.05) is 39.0 Å². The topological polar surface area (TPSA) is 152 Å². The van der Waals surface area contributed by atoms with Crippen LogP contribution in [0.4, 0.5) is 10.1 Å². The molecule has 0 bridgehead atoms. The van der Waals surface area contributed by atoms with Crippen LogP contribution in [0.1, 0.15) is 44.0 Å². The molecule has 1 atom stereocenters. The van der Waals surface area contributed by atoms with Gasteiger partial charge in [0.25, 0.3) is 5.91 Å². The van der Waals surface area contributed by atoms with Crippen molar-refractivity contribution in [3.8, 4) is 0 Å². The fraction of sp³-hybridized carbons (Fsp3) is 0.464. The van der Waals surface area contributed by atoms with Crippen LogP contribution in [-0.2, 0) is 14.8 Å². The summed E-state index contributed by atoms with van der Waals surface area (Å²) in [5, 5.41) is 19.3. The standard InChI is InChI=1S/C28H37FN6O5S/c1-27(2,3)28(25(37)38,34-41(39,40)21-7-5-4-6-8-21)18-32-24(36)19-9-10-23(22(29)17-19)35-15-11-20(12-16-35)33-26-30-13-14-31-26/h4-10,17,20,34H,11-16,18H2,1-3H3,(H,32,36)(H,37,38)(H2,30,31,33)/t28-/m1/s1. The molecule has 1 fully saturated rings. The number of benzene rings is 2. The highest BCUT2D eigenvalue weighted by atomic mass is 32.2. The van der Waals surface area contributed by atoms with Crippen molar-refractivity contribution in [3.63, 3.8) is 0 Å². The van der Waals surface area contributed by atoms with Crippen molar-refractivity contribution < 1.29 is 27.5 Å². The van der Waals surface area contributed by atoms with Crippen LogP contribution in [-0.4, -0.2) is 75.7 Å². The van der Waals surface area contributed by atoms with Gasteiger partial charge in [0, 0.05) is 37.8 Å². The molecule has 2 aliphatic rings. The first kappa shape index (κ1) is 30.3. The summed E-state index contributed by atoms with van der Waals surface area (Å²) in [7, 11) is -4.26. The van der Waals surface area contributed by atoms with Crippen molar-refractivity contribution in [2.45, 2.75) is 50.1 Å². The molecule has 4 rings (SSSR count). The number of piperidine rings is 1. The van der Waals surface area contributed by atoms with E-state index in [9.17, 15) is 23.1 Å². The Hall–Kier alpha value is -3.71. The van der Waals surface area contributed by atoms with Crippen molar-refractivity contribution in [2.75, 3.05) is 37.6 Å². The molecule has 0 spiro atoms. The van der Waals surface area contributed by atoms with Crippen LogP contribution < -0.4 is 25.6 Å². The number of carboxylic acid groups (broad SMARTS) is 1. The minimum atomic E-state index is -4.26. The van der Waals surface area contributed by atoms with Crippen LogP contribution in [0, 0.1) is 11.2 Å². The summed E-state index contributed by atoms with van der Waals surface area (Å²) in [6.07, 6.45) is 1.59. The second-order valence-corrected chi connectivity index (χ2v) is 13.0. The van der Waals surface area contributed by atoms with E-state index in [0.717, 1.165) is 38.0 Å². The van der Waals surface area contributed by atoms with Crippen molar-refractivity contribution >= 4 is 33.5 Å². The SMILES string of the molecule is CC(C)(C)[C@](CNC(=O)c1ccc(N2CCC(NC3=NCCN3)CC2)c(F)c1)(NS(=O)(=O)c1ccccc1)C(=O)O. The van der Waals surface area contributed by atoms with Gasteiger partial charge in [0.05, 0.1) is 17.1 Å². The second kappa shape index (κ2) is 12.0. The number of sulfonamides is 1. The Balaban J connectivity index is 1.44. The van der Waals surface area contributed by atoms with Crippen LogP contribution in [0.5, 0.6) is 0 Å². The maximum absolute atomic E-state index is 15.2. The van der Waals surface area contributed by atoms with Crippen molar-refractivity contribution in [1.82, 2.24) is 20.7 Å². The van der Waals surface area contributed by atoms with Crippen molar-refractivity contribution in [2.24, 2.45) is 10.4 Å². The molecule has 2 aromatic rings. The maximum Gasteiger partial charge on any atom is 0.327 e. The molecule has 0 saturated carbocycles. The third-order valence-corrected chi connectivity index (χ3v) is 9.09. The van der Waals surface area contributed by atoms with Gasteiger partial charge in [0.1, 0.15) is 5.82 Å². The quantitative estimate of drug-likeness (QED) is 0.298. The number of nitrogens with one attached hydrogen (secondary N) is 4. The number of rotatable bonds is 9. The Labute approximate surface area is 239 Å². The maximum atomic E-state index is 15.2. The summed E-state index contributed by atoms with van der Waals surface area (Å²) in [5.74, 6) is -1.95. The number of carboxylic acids is 1. The average molecular weight is 589 g/mol. The monoisotopic (exact) mass is 588 g/mol. The molecule has 1 saturated heterocycles. The molecule has 5 N–H and O–H groups in total. The van der Waals surface area contributed by atoms with E-state index in [1.807, 2.05) is 4.90 Å². The number of carbonyl (C=O) groups is 2. The number of amides is 1. The zero-order chi connectivity index (χ0) is 29.8. The first-order chi connectivity index (χ1) is 19.3. The van der Waals surface area contributed by atoms with E-state index in [1.54, 1.807) is 26.8 Å². The predicted octanol–water partition coefficient (Wildman–Crippen LogP) is 1.92. The Morgan fingerprint density at radius 1 is 1.12 bits per heavy atom. The van der Waals surface area contributed by atoms with E-state index in [1.165, 1.54) is 36.4 Å². The number of hydrogen-bond acceptors (Lipinski definition) is 8. The summed E-state index contributed by atoms with van der Waals surface area (Å²) in [6, 6.07) is 11.7. The number of aliphatic carboxylic acids is 1. The van der Waals surface area contributed by atoms with Crippen molar-refractivity contribution in [1.29, 1.82) is 0 Å². The molecule has 2 aliphatic heterocycles. The molecule has 0 aliphatic carbocycles. The van der Waals surface area contributed by atoms with Gasteiger partial charge in [-0.3, -0.25) is 14.6 Å². The lowest BCUT2D eigenvalue weighted by atomic mass is 9.74. The van der Waals surface area contributed by atoms with Gasteiger partial charge in [-0.15, -0.1) is 0 Å². The Morgan fingerprint density at radius 3 is 2.37 bits per heavy atom. The molecule has 0 radical (unpaired) electrons. The van der Waals surface area contributed by atoms with E-state index in [2.05, 4.69) is 25.7 Å². The van der Waals surface area contributed by atoms with Crippen LogP contribution in [0.25, 0.3) is 0 Å². The number of anilines is 1. The first-order valence-electron chi connectivity index (χ1n) is 13.5. The van der Waals surface area contributed by atoms with Crippen LogP contribution in [0.3, 0.4) is 0 Å². The molecule has 13 heteroatoms. The van der Waals surface area contributed by atoms with Gasteiger partial charge >= 0.3 is 5.97 Å². The highest BCUT2D eigenvalue weighted by Crippen LogP contribution is 2.32. The van der Waals surface area contributed by atoms with Gasteiger partial charge in [-0.25, -0.2) is 12.8 Å². The Kier molecular flexibility index (Phi) is 8.88. The van der Waals surface area contributed by atoms with Gasteiger partial charge in [0.15, 0.2) is 11.5 Å². The number of guanidine groups is 1. The Morgan fingerprint density at radius 2 is 1.80 bits per heavy atom. The van der Waals surface area contributed by atoms with Crippen molar-refractivity contribution in [3.05, 3.63) is 59.9 Å². The Bertz CT molecular complexity index is 1400. The number of aliphatic imine (C=N–C) groups is 1. The molecular weight excluding hydrogens is 551 g/mol. The van der Waals surface area contributed by atoms with E-state index >= 15 is 4.39 Å². The summed E-state index contributed by atoms with van der Waals surface area (Å²) in [6.45, 7) is 6.94. The lowest BCUT2D eigenvalue weighted by molar-refractivity contribution is -0.148. The predicted molar refractivity (Wildman–Crippen MR) is 154 cm³/mol. The third kappa shape index (κ3) is 6.79. The minimum Gasteiger partial charge on any atom is -0.480 e. The minimum absolute atomic E-state index is 0.00719. The highest BCUT2D eigenvalue weighted by molar-refractivity contribution is 7.89. The largest absolute Gasteiger partial charge is 0.480 e. The molecule has 222 valence electrons. The summed E-state index contributed by atoms with van der Waals surface area (Å²) in [5.41, 5.74) is -2.90. The van der Waals surface area contributed by atoms with Gasteiger partial charge in [0.2, 0.25) is 10.0 Å². The zero-order valence-corrected chi connectivity index (χ0v) is 24.2. The molecule has 0 unspecified atom stereocenters. The first-order valence-corrected chi connectivity index (χ1v) is 15.0. The molecule has 11 nitrogen and oxygen atoms in total. The van der Waals surface area contributed by atoms with E-state index in [4.69, 9.17) is 0 Å². The number of halogens is 1. The molecular formula is C28H37FN6O5S. The summed E-state index contributed by atoms with van der Waals surface area (Å²) < 4.78 is 43.7. The lowest BCUT2D eigenvalue weighted by Gasteiger charge is -2.41. The zero-order valence-electron chi connectivity index (χ0n) is 23.4. The molecule has 2 aromatic carbocycles. The van der Waals surface area contributed by atoms with Crippen LogP contribution in [0.15, 0.2) is 58.4 Å². The van der Waals surface area contributed by atoms with E-state index in [-0.39, 0.29) is 16.5 Å². The third-order valence-electron chi connectivity index (χ3n) is 7.58. The summed E-state index contributed by atoms with van der Waals surface area (Å²) >= 11 is 0. The number of nitrogens with zero attached hydrogens (tertiary/aromatic N) is 2. The van der Waals surface area contributed by atoms with Crippen LogP contribution in [0.2, 0.25) is 0 Å². The molecule has 0 aromatic heterocycles. The molecule has 2 heterocycles. The number of carbonyl (C=O) groups excluding carboxylic acids is 1. The van der Waals surface area contributed by atoms with E-state index in [0.29, 0.717) is 18.8 Å². The molecule has 1 amide bonds. The fourth-order valence-electron chi connectivity index (χ4n) is 4.95. The normalized spacial score (nSPS) is 17.8. The average Bonchev–Trinajstić information content (AvgIpc) is 3.44. The van der Waals surface area contributed by atoms with Gasteiger partial charge < -0.3 is 26.0 Å². The lowest BCUT2D eigenvalue weighted by Crippen LogP contribution is -2.67. The fourth-order valence-corrected chi connectivity index (χ4v) is 6.51. The van der Waals surface area contributed by atoms with Gasteiger partial charge in [-0.05, 0) is 48.6 Å². The number of hydrogen-bond donors (Lipinski definition) is 5. The second-order valence-electron chi connectivity index (χ2n) is 11.3. The van der Waals surface area contributed by atoms with Crippen LogP contribution >= 0.6 is 0 Å². The van der Waals surface area contributed by atoms with Gasteiger partial charge in [-0.2, -0.15) is 4.72 Å².